The van der Waals surface area contributed by atoms with Crippen molar-refractivity contribution in [3.05, 3.63) is 11.9 Å². The van der Waals surface area contributed by atoms with Crippen molar-refractivity contribution in [2.75, 3.05) is 12.3 Å². The molecule has 5 nitrogen and oxygen atoms in total. The molecule has 0 spiro atoms. The highest BCUT2D eigenvalue weighted by Gasteiger charge is 2.20. The lowest BCUT2D eigenvalue weighted by Gasteiger charge is -2.24. The zero-order valence-electron chi connectivity index (χ0n) is 8.74. The third kappa shape index (κ3) is 1.86. The Bertz CT molecular complexity index is 318. The average molecular weight is 196 g/mol. The van der Waals surface area contributed by atoms with Gasteiger partial charge in [-0.1, -0.05) is 0 Å². The minimum Gasteiger partial charge on any atom is -0.396 e. The van der Waals surface area contributed by atoms with E-state index in [-0.39, 0.29) is 11.9 Å². The van der Waals surface area contributed by atoms with Crippen molar-refractivity contribution < 1.29 is 4.79 Å². The largest absolute Gasteiger partial charge is 0.396 e. The zero-order valence-corrected chi connectivity index (χ0v) is 8.74. The second-order valence-electron chi connectivity index (χ2n) is 3.39. The molecule has 0 saturated heterocycles. The summed E-state index contributed by atoms with van der Waals surface area (Å²) in [4.78, 5) is 13.6. The Hall–Kier alpha value is -1.52. The molecule has 0 unspecified atom stereocenters. The maximum absolute atomic E-state index is 11.9. The number of aromatic nitrogens is 2. The third-order valence-electron chi connectivity index (χ3n) is 2.11. The first-order chi connectivity index (χ1) is 6.57. The SMILES string of the molecule is CCN(C(=O)c1[nH]ncc1N)C(C)C. The van der Waals surface area contributed by atoms with Crippen molar-refractivity contribution >= 4 is 11.6 Å². The molecule has 0 fully saturated rings. The molecular formula is C9H16N4O. The van der Waals surface area contributed by atoms with Crippen LogP contribution in [-0.2, 0) is 0 Å². The molecule has 1 aromatic heterocycles. The molecule has 0 atom stereocenters. The number of nitrogens with one attached hydrogen (secondary N) is 1. The Morgan fingerprint density at radius 3 is 2.71 bits per heavy atom. The summed E-state index contributed by atoms with van der Waals surface area (Å²) in [5, 5.41) is 6.33. The highest BCUT2D eigenvalue weighted by molar-refractivity contribution is 5.97. The fraction of sp³-hybridized carbons (Fsp3) is 0.556. The number of carbonyl (C=O) groups excluding carboxylic acids is 1. The van der Waals surface area contributed by atoms with Crippen molar-refractivity contribution in [1.82, 2.24) is 15.1 Å². The van der Waals surface area contributed by atoms with Crippen molar-refractivity contribution in [3.63, 3.8) is 0 Å². The van der Waals surface area contributed by atoms with Crippen molar-refractivity contribution in [2.24, 2.45) is 0 Å². The minimum absolute atomic E-state index is 0.0995. The topological polar surface area (TPSA) is 75.0 Å². The number of hydrogen-bond acceptors (Lipinski definition) is 3. The summed E-state index contributed by atoms with van der Waals surface area (Å²) in [6.07, 6.45) is 1.45. The molecule has 1 heterocycles. The van der Waals surface area contributed by atoms with Gasteiger partial charge in [-0.05, 0) is 20.8 Å². The third-order valence-corrected chi connectivity index (χ3v) is 2.11. The number of nitrogens with zero attached hydrogens (tertiary/aromatic N) is 2. The summed E-state index contributed by atoms with van der Waals surface area (Å²) in [6.45, 7) is 6.53. The van der Waals surface area contributed by atoms with Gasteiger partial charge < -0.3 is 10.6 Å². The molecular weight excluding hydrogens is 180 g/mol. The summed E-state index contributed by atoms with van der Waals surface area (Å²) in [5.74, 6) is -0.0995. The van der Waals surface area contributed by atoms with Gasteiger partial charge in [-0.25, -0.2) is 0 Å². The summed E-state index contributed by atoms with van der Waals surface area (Å²) >= 11 is 0. The molecule has 0 aliphatic carbocycles. The number of carbonyl (C=O) groups is 1. The number of H-pyrrole nitrogens is 1. The molecule has 1 aromatic rings. The molecule has 0 aromatic carbocycles. The van der Waals surface area contributed by atoms with Crippen LogP contribution in [0, 0.1) is 0 Å². The number of rotatable bonds is 3. The molecule has 3 N–H and O–H groups in total. The van der Waals surface area contributed by atoms with Gasteiger partial charge in [0.05, 0.1) is 11.9 Å². The van der Waals surface area contributed by atoms with Crippen molar-refractivity contribution in [2.45, 2.75) is 26.8 Å². The lowest BCUT2D eigenvalue weighted by atomic mass is 10.2. The van der Waals surface area contributed by atoms with Crippen molar-refractivity contribution in [3.8, 4) is 0 Å². The van der Waals surface area contributed by atoms with E-state index in [1.807, 2.05) is 20.8 Å². The fourth-order valence-electron chi connectivity index (χ4n) is 1.35. The molecule has 0 saturated carbocycles. The highest BCUT2D eigenvalue weighted by atomic mass is 16.2. The highest BCUT2D eigenvalue weighted by Crippen LogP contribution is 2.11. The van der Waals surface area contributed by atoms with Crippen LogP contribution in [0.3, 0.4) is 0 Å². The first-order valence-corrected chi connectivity index (χ1v) is 4.67. The molecule has 14 heavy (non-hydrogen) atoms. The number of aromatic amines is 1. The lowest BCUT2D eigenvalue weighted by Crippen LogP contribution is -2.37. The summed E-state index contributed by atoms with van der Waals surface area (Å²) < 4.78 is 0. The van der Waals surface area contributed by atoms with Crippen LogP contribution in [0.5, 0.6) is 0 Å². The van der Waals surface area contributed by atoms with Crippen LogP contribution in [0.25, 0.3) is 0 Å². The monoisotopic (exact) mass is 196 g/mol. The second-order valence-corrected chi connectivity index (χ2v) is 3.39. The summed E-state index contributed by atoms with van der Waals surface area (Å²) in [6, 6.07) is 0.162. The van der Waals surface area contributed by atoms with Gasteiger partial charge >= 0.3 is 0 Å². The van der Waals surface area contributed by atoms with E-state index in [4.69, 9.17) is 5.73 Å². The van der Waals surface area contributed by atoms with Gasteiger partial charge in [0.15, 0.2) is 0 Å². The smallest absolute Gasteiger partial charge is 0.274 e. The molecule has 78 valence electrons. The van der Waals surface area contributed by atoms with E-state index < -0.39 is 0 Å². The molecule has 1 rings (SSSR count). The number of hydrogen-bond donors (Lipinski definition) is 2. The van der Waals surface area contributed by atoms with Crippen LogP contribution >= 0.6 is 0 Å². The van der Waals surface area contributed by atoms with E-state index >= 15 is 0 Å². The molecule has 0 bridgehead atoms. The Kier molecular flexibility index (Phi) is 3.11. The first kappa shape index (κ1) is 10.6. The van der Waals surface area contributed by atoms with Gasteiger partial charge in [0.2, 0.25) is 0 Å². The minimum atomic E-state index is -0.0995. The zero-order chi connectivity index (χ0) is 10.7. The van der Waals surface area contributed by atoms with E-state index in [0.29, 0.717) is 17.9 Å². The van der Waals surface area contributed by atoms with Gasteiger partial charge in [-0.3, -0.25) is 9.89 Å². The van der Waals surface area contributed by atoms with Crippen LogP contribution in [-0.4, -0.2) is 33.6 Å². The number of nitrogen functional groups attached to an aromatic ring is 1. The van der Waals surface area contributed by atoms with E-state index in [1.54, 1.807) is 4.90 Å². The Morgan fingerprint density at radius 1 is 1.71 bits per heavy atom. The summed E-state index contributed by atoms with van der Waals surface area (Å²) in [5.41, 5.74) is 6.37. The van der Waals surface area contributed by atoms with Gasteiger partial charge in [-0.15, -0.1) is 0 Å². The lowest BCUT2D eigenvalue weighted by molar-refractivity contribution is 0.0712. The maximum Gasteiger partial charge on any atom is 0.274 e. The fourth-order valence-corrected chi connectivity index (χ4v) is 1.35. The predicted molar refractivity (Wildman–Crippen MR) is 54.8 cm³/mol. The van der Waals surface area contributed by atoms with Gasteiger partial charge in [-0.2, -0.15) is 5.10 Å². The Labute approximate surface area is 83.3 Å². The Morgan fingerprint density at radius 2 is 2.36 bits per heavy atom. The van der Waals surface area contributed by atoms with Gasteiger partial charge in [0.25, 0.3) is 5.91 Å². The first-order valence-electron chi connectivity index (χ1n) is 4.67. The van der Waals surface area contributed by atoms with E-state index in [0.717, 1.165) is 0 Å². The maximum atomic E-state index is 11.9. The van der Waals surface area contributed by atoms with Gasteiger partial charge in [0.1, 0.15) is 5.69 Å². The average Bonchev–Trinajstić information content (AvgIpc) is 2.51. The number of anilines is 1. The number of amides is 1. The molecule has 0 radical (unpaired) electrons. The summed E-state index contributed by atoms with van der Waals surface area (Å²) in [7, 11) is 0. The van der Waals surface area contributed by atoms with Crippen LogP contribution < -0.4 is 5.73 Å². The van der Waals surface area contributed by atoms with Crippen LogP contribution in [0.4, 0.5) is 5.69 Å². The second kappa shape index (κ2) is 4.13. The Balaban J connectivity index is 2.89. The van der Waals surface area contributed by atoms with Crippen molar-refractivity contribution in [1.29, 1.82) is 0 Å². The standard InChI is InChI=1S/C9H16N4O/c1-4-13(6(2)3)9(14)8-7(10)5-11-12-8/h5-6H,4,10H2,1-3H3,(H,11,12). The van der Waals surface area contributed by atoms with Crippen LogP contribution in [0.2, 0.25) is 0 Å². The van der Waals surface area contributed by atoms with E-state index in [2.05, 4.69) is 10.2 Å². The van der Waals surface area contributed by atoms with Crippen LogP contribution in [0.1, 0.15) is 31.3 Å². The van der Waals surface area contributed by atoms with E-state index in [1.165, 1.54) is 6.20 Å². The molecule has 0 aliphatic heterocycles. The predicted octanol–water partition coefficient (Wildman–Crippen LogP) is 0.862. The number of nitrogens with two attached hydrogens (primary N) is 1. The quantitative estimate of drug-likeness (QED) is 0.753. The van der Waals surface area contributed by atoms with Gasteiger partial charge in [0, 0.05) is 12.6 Å². The molecule has 5 heteroatoms. The molecule has 1 amide bonds. The van der Waals surface area contributed by atoms with Crippen LogP contribution in [0.15, 0.2) is 6.20 Å². The normalized spacial score (nSPS) is 10.6. The molecule has 0 aliphatic rings. The van der Waals surface area contributed by atoms with E-state index in [9.17, 15) is 4.79 Å².